The lowest BCUT2D eigenvalue weighted by Crippen LogP contribution is -1.97. The molecule has 1 rings (SSSR count). The molecular formula is C14H18O3. The van der Waals surface area contributed by atoms with Gasteiger partial charge in [-0.2, -0.15) is 0 Å². The van der Waals surface area contributed by atoms with Gasteiger partial charge in [-0.15, -0.1) is 0 Å². The first-order chi connectivity index (χ1) is 8.01. The van der Waals surface area contributed by atoms with Crippen molar-refractivity contribution >= 4 is 0 Å². The second-order valence-electron chi connectivity index (χ2n) is 3.91. The lowest BCUT2D eigenvalue weighted by molar-refractivity contribution is 0.331. The molecule has 3 heteroatoms. The summed E-state index contributed by atoms with van der Waals surface area (Å²) in [5, 5.41) is 10.1. The summed E-state index contributed by atoms with van der Waals surface area (Å²) in [7, 11) is 3.04. The maximum Gasteiger partial charge on any atom is 0.203 e. The number of hydrogen-bond donors (Lipinski definition) is 1. The van der Waals surface area contributed by atoms with E-state index in [4.69, 9.17) is 16.4 Å². The highest BCUT2D eigenvalue weighted by atomic mass is 16.5. The number of phenols is 1. The van der Waals surface area contributed by atoms with E-state index in [1.54, 1.807) is 7.11 Å². The van der Waals surface area contributed by atoms with Crippen LogP contribution in [0.25, 0.3) is 0 Å². The van der Waals surface area contributed by atoms with Crippen LogP contribution in [0.4, 0.5) is 0 Å². The Morgan fingerprint density at radius 1 is 1.41 bits per heavy atom. The summed E-state index contributed by atoms with van der Waals surface area (Å²) in [5.74, 6) is 0.998. The number of ether oxygens (including phenoxy) is 2. The number of methoxy groups -OCH3 is 2. The van der Waals surface area contributed by atoms with Crippen LogP contribution in [0, 0.1) is 13.8 Å². The van der Waals surface area contributed by atoms with Crippen LogP contribution >= 0.6 is 0 Å². The molecule has 17 heavy (non-hydrogen) atoms. The predicted molar refractivity (Wildman–Crippen MR) is 67.7 cm³/mol. The maximum absolute atomic E-state index is 10.1. The number of benzene rings is 1. The first kappa shape index (κ1) is 13.4. The molecule has 0 spiro atoms. The molecule has 1 N–H and O–H groups in total. The molecule has 2 radical (unpaired) electrons. The van der Waals surface area contributed by atoms with Gasteiger partial charge in [0.15, 0.2) is 11.5 Å². The topological polar surface area (TPSA) is 38.7 Å². The van der Waals surface area contributed by atoms with Crippen molar-refractivity contribution in [1.82, 2.24) is 0 Å². The van der Waals surface area contributed by atoms with Gasteiger partial charge in [-0.1, -0.05) is 11.6 Å². The summed E-state index contributed by atoms with van der Waals surface area (Å²) in [4.78, 5) is 0. The van der Waals surface area contributed by atoms with Gasteiger partial charge >= 0.3 is 0 Å². The second-order valence-corrected chi connectivity index (χ2v) is 3.91. The number of aromatic hydroxyl groups is 1. The monoisotopic (exact) mass is 234 g/mol. The Morgan fingerprint density at radius 2 is 2.06 bits per heavy atom. The molecule has 0 aliphatic rings. The molecule has 0 saturated heterocycles. The SMILES string of the molecule is [CH]/C(C)=C/Cc1c(C)cc(OC)c(OC)c1O. The van der Waals surface area contributed by atoms with Crippen molar-refractivity contribution in [1.29, 1.82) is 0 Å². The van der Waals surface area contributed by atoms with Crippen LogP contribution < -0.4 is 9.47 Å². The van der Waals surface area contributed by atoms with Gasteiger partial charge < -0.3 is 14.6 Å². The number of hydrogen-bond acceptors (Lipinski definition) is 3. The minimum Gasteiger partial charge on any atom is -0.504 e. The van der Waals surface area contributed by atoms with Crippen LogP contribution in [0.2, 0.25) is 0 Å². The Morgan fingerprint density at radius 3 is 2.53 bits per heavy atom. The van der Waals surface area contributed by atoms with Crippen LogP contribution in [0.15, 0.2) is 17.7 Å². The molecule has 1 aromatic rings. The van der Waals surface area contributed by atoms with E-state index >= 15 is 0 Å². The lowest BCUT2D eigenvalue weighted by Gasteiger charge is -2.14. The molecule has 0 fully saturated rings. The normalized spacial score (nSPS) is 11.5. The summed E-state index contributed by atoms with van der Waals surface area (Å²) in [6, 6.07) is 1.84. The highest BCUT2D eigenvalue weighted by Gasteiger charge is 2.16. The lowest BCUT2D eigenvalue weighted by atomic mass is 10.0. The molecule has 0 heterocycles. The number of allylic oxidation sites excluding steroid dienone is 2. The number of aryl methyl sites for hydroxylation is 1. The van der Waals surface area contributed by atoms with Crippen molar-refractivity contribution in [3.63, 3.8) is 0 Å². The first-order valence-electron chi connectivity index (χ1n) is 5.36. The Bertz CT molecular complexity index is 430. The molecule has 0 amide bonds. The number of rotatable bonds is 4. The number of phenolic OH excluding ortho intramolecular Hbond substituents is 1. The van der Waals surface area contributed by atoms with Crippen LogP contribution in [0.3, 0.4) is 0 Å². The largest absolute Gasteiger partial charge is 0.504 e. The van der Waals surface area contributed by atoms with Gasteiger partial charge in [-0.3, -0.25) is 0 Å². The van der Waals surface area contributed by atoms with Crippen LogP contribution in [0.5, 0.6) is 17.2 Å². The van der Waals surface area contributed by atoms with Gasteiger partial charge in [0.2, 0.25) is 5.75 Å². The fraction of sp³-hybridized carbons (Fsp3) is 0.357. The molecule has 0 aliphatic heterocycles. The van der Waals surface area contributed by atoms with E-state index in [0.29, 0.717) is 17.9 Å². The third-order valence-electron chi connectivity index (χ3n) is 2.60. The van der Waals surface area contributed by atoms with E-state index in [-0.39, 0.29) is 5.75 Å². The quantitative estimate of drug-likeness (QED) is 0.870. The first-order valence-corrected chi connectivity index (χ1v) is 5.36. The fourth-order valence-corrected chi connectivity index (χ4v) is 1.66. The molecule has 0 bridgehead atoms. The van der Waals surface area contributed by atoms with Crippen LogP contribution in [-0.2, 0) is 6.42 Å². The summed E-state index contributed by atoms with van der Waals surface area (Å²) >= 11 is 0. The van der Waals surface area contributed by atoms with Crippen molar-refractivity contribution < 1.29 is 14.6 Å². The zero-order valence-electron chi connectivity index (χ0n) is 10.7. The Labute approximate surface area is 103 Å². The van der Waals surface area contributed by atoms with E-state index in [2.05, 4.69) is 0 Å². The molecule has 0 saturated carbocycles. The summed E-state index contributed by atoms with van der Waals surface area (Å²) in [6.07, 6.45) is 2.42. The standard InChI is InChI=1S/C14H18O3/c1-9(2)6-7-11-10(3)8-12(16-4)14(17-5)13(11)15/h1,6,8,15H,7H2,2-5H3/b9-6-. The molecule has 0 aliphatic carbocycles. The van der Waals surface area contributed by atoms with Crippen molar-refractivity contribution in [2.24, 2.45) is 0 Å². The third-order valence-corrected chi connectivity index (χ3v) is 2.60. The van der Waals surface area contributed by atoms with Gasteiger partial charge in [0.1, 0.15) is 0 Å². The van der Waals surface area contributed by atoms with Crippen LogP contribution in [-0.4, -0.2) is 19.3 Å². The molecule has 0 aromatic heterocycles. The zero-order valence-corrected chi connectivity index (χ0v) is 10.7. The highest BCUT2D eigenvalue weighted by molar-refractivity contribution is 5.58. The van der Waals surface area contributed by atoms with Gasteiger partial charge in [0.05, 0.1) is 14.2 Å². The zero-order chi connectivity index (χ0) is 13.0. The molecule has 3 nitrogen and oxygen atoms in total. The molecule has 1 aromatic carbocycles. The fourth-order valence-electron chi connectivity index (χ4n) is 1.66. The predicted octanol–water partition coefficient (Wildman–Crippen LogP) is 2.92. The Hall–Kier alpha value is -1.64. The average molecular weight is 234 g/mol. The van der Waals surface area contributed by atoms with Gasteiger partial charge in [0, 0.05) is 5.56 Å². The minimum absolute atomic E-state index is 0.113. The van der Waals surface area contributed by atoms with E-state index in [0.717, 1.165) is 16.7 Å². The summed E-state index contributed by atoms with van der Waals surface area (Å²) < 4.78 is 10.3. The summed E-state index contributed by atoms with van der Waals surface area (Å²) in [5.41, 5.74) is 2.46. The average Bonchev–Trinajstić information content (AvgIpc) is 2.27. The molecule has 0 unspecified atom stereocenters. The van der Waals surface area contributed by atoms with E-state index in [9.17, 15) is 5.11 Å². The van der Waals surface area contributed by atoms with Gasteiger partial charge in [0.25, 0.3) is 0 Å². The van der Waals surface area contributed by atoms with E-state index < -0.39 is 0 Å². The molecular weight excluding hydrogens is 216 g/mol. The van der Waals surface area contributed by atoms with E-state index in [1.807, 2.05) is 26.0 Å². The highest BCUT2D eigenvalue weighted by Crippen LogP contribution is 2.41. The maximum atomic E-state index is 10.1. The van der Waals surface area contributed by atoms with Gasteiger partial charge in [-0.05, 0) is 38.8 Å². The minimum atomic E-state index is 0.113. The van der Waals surface area contributed by atoms with Gasteiger partial charge in [-0.25, -0.2) is 0 Å². The summed E-state index contributed by atoms with van der Waals surface area (Å²) in [6.45, 7) is 9.32. The van der Waals surface area contributed by atoms with Crippen molar-refractivity contribution in [2.75, 3.05) is 14.2 Å². The molecule has 0 atom stereocenters. The Kier molecular flexibility index (Phi) is 4.44. The van der Waals surface area contributed by atoms with E-state index in [1.165, 1.54) is 7.11 Å². The Balaban J connectivity index is 3.26. The van der Waals surface area contributed by atoms with Crippen molar-refractivity contribution in [3.05, 3.63) is 35.8 Å². The second kappa shape index (κ2) is 5.62. The van der Waals surface area contributed by atoms with Crippen molar-refractivity contribution in [2.45, 2.75) is 20.3 Å². The smallest absolute Gasteiger partial charge is 0.203 e. The van der Waals surface area contributed by atoms with Crippen LogP contribution in [0.1, 0.15) is 18.1 Å². The third kappa shape index (κ3) is 2.93. The van der Waals surface area contributed by atoms with Crippen molar-refractivity contribution in [3.8, 4) is 17.2 Å². The molecule has 92 valence electrons.